The molecule has 2 N–H and O–H groups in total. The van der Waals surface area contributed by atoms with E-state index in [2.05, 4.69) is 0 Å². The number of hydrogen-bond acceptors (Lipinski definition) is 7. The quantitative estimate of drug-likeness (QED) is 0.499. The molecule has 0 aliphatic carbocycles. The second-order valence-corrected chi connectivity index (χ2v) is 6.75. The Morgan fingerprint density at radius 1 is 1.44 bits per heavy atom. The molecule has 8 heteroatoms. The number of nitrogens with two attached hydrogens (primary N) is 1. The fourth-order valence-electron chi connectivity index (χ4n) is 3.15. The van der Waals surface area contributed by atoms with Gasteiger partial charge in [0.2, 0.25) is 0 Å². The van der Waals surface area contributed by atoms with Gasteiger partial charge in [0.05, 0.1) is 17.1 Å². The van der Waals surface area contributed by atoms with Gasteiger partial charge < -0.3 is 15.4 Å². The molecule has 1 aromatic carbocycles. The van der Waals surface area contributed by atoms with Gasteiger partial charge in [0.25, 0.3) is 5.70 Å². The molecule has 25 heavy (non-hydrogen) atoms. The molecule has 1 aromatic rings. The number of nitrogens with zero attached hydrogens (tertiary/aromatic N) is 2. The number of ether oxygens (including phenoxy) is 1. The van der Waals surface area contributed by atoms with Crippen LogP contribution in [0.1, 0.15) is 24.8 Å². The van der Waals surface area contributed by atoms with Crippen LogP contribution in [-0.4, -0.2) is 34.7 Å². The maximum Gasteiger partial charge on any atom is 0.338 e. The van der Waals surface area contributed by atoms with E-state index in [0.717, 1.165) is 12.2 Å². The fourth-order valence-corrected chi connectivity index (χ4v) is 4.30. The minimum atomic E-state index is -0.841. The molecular formula is C17H19N3O4S. The van der Waals surface area contributed by atoms with Gasteiger partial charge in [-0.15, -0.1) is 11.8 Å². The Labute approximate surface area is 149 Å². The lowest BCUT2D eigenvalue weighted by molar-refractivity contribution is -0.431. The maximum atomic E-state index is 12.6. The molecule has 0 amide bonds. The normalized spacial score (nSPS) is 20.4. The Bertz CT molecular complexity index is 760. The first kappa shape index (κ1) is 17.3. The Kier molecular flexibility index (Phi) is 4.98. The fraction of sp³-hybridized carbons (Fsp3) is 0.353. The number of thioether (sulfide) groups is 1. The lowest BCUT2D eigenvalue weighted by Gasteiger charge is -2.37. The summed E-state index contributed by atoms with van der Waals surface area (Å²) in [5, 5.41) is 12.4. The molecule has 0 saturated carbocycles. The van der Waals surface area contributed by atoms with E-state index in [0.29, 0.717) is 17.1 Å². The lowest BCUT2D eigenvalue weighted by Crippen LogP contribution is -2.40. The van der Waals surface area contributed by atoms with Crippen LogP contribution in [0, 0.1) is 10.1 Å². The van der Waals surface area contributed by atoms with E-state index < -0.39 is 16.8 Å². The van der Waals surface area contributed by atoms with Crippen molar-refractivity contribution in [2.45, 2.75) is 19.3 Å². The van der Waals surface area contributed by atoms with Gasteiger partial charge in [-0.3, -0.25) is 10.1 Å². The molecule has 1 atom stereocenters. The predicted octanol–water partition coefficient (Wildman–Crippen LogP) is 2.40. The lowest BCUT2D eigenvalue weighted by atomic mass is 9.86. The van der Waals surface area contributed by atoms with E-state index in [4.69, 9.17) is 10.5 Å². The predicted molar refractivity (Wildman–Crippen MR) is 94.8 cm³/mol. The van der Waals surface area contributed by atoms with Gasteiger partial charge in [-0.2, -0.15) is 0 Å². The molecule has 1 saturated heterocycles. The minimum absolute atomic E-state index is 0.00634. The SMILES string of the molecule is CCOC(=O)C1=C(N)N2CCCSC2=C([N+](=O)[O-])C1c1ccccc1. The summed E-state index contributed by atoms with van der Waals surface area (Å²) in [6, 6.07) is 8.94. The number of allylic oxidation sites excluding steroid dienone is 1. The highest BCUT2D eigenvalue weighted by Gasteiger charge is 2.46. The van der Waals surface area contributed by atoms with Gasteiger partial charge in [0.1, 0.15) is 11.7 Å². The van der Waals surface area contributed by atoms with Crippen molar-refractivity contribution in [1.82, 2.24) is 4.90 Å². The van der Waals surface area contributed by atoms with Crippen LogP contribution in [0.25, 0.3) is 0 Å². The smallest absolute Gasteiger partial charge is 0.338 e. The van der Waals surface area contributed by atoms with Crippen molar-refractivity contribution >= 4 is 17.7 Å². The largest absolute Gasteiger partial charge is 0.463 e. The average molecular weight is 361 g/mol. The van der Waals surface area contributed by atoms with Gasteiger partial charge in [-0.1, -0.05) is 30.3 Å². The Morgan fingerprint density at radius 2 is 2.16 bits per heavy atom. The van der Waals surface area contributed by atoms with E-state index in [9.17, 15) is 14.9 Å². The molecule has 0 aromatic heterocycles. The van der Waals surface area contributed by atoms with Gasteiger partial charge in [0.15, 0.2) is 5.03 Å². The van der Waals surface area contributed by atoms with Crippen LogP contribution in [0.3, 0.4) is 0 Å². The number of esters is 1. The summed E-state index contributed by atoms with van der Waals surface area (Å²) < 4.78 is 5.16. The first-order valence-corrected chi connectivity index (χ1v) is 9.05. The standard InChI is InChI=1S/C17H19N3O4S/c1-2-24-17(21)13-12(11-7-4-3-5-8-11)14(20(22)23)16-19(15(13)18)9-6-10-25-16/h3-5,7-8,12H,2,6,9-10,18H2,1H3. The van der Waals surface area contributed by atoms with Crippen molar-refractivity contribution in [3.8, 4) is 0 Å². The van der Waals surface area contributed by atoms with Crippen LogP contribution in [0.5, 0.6) is 0 Å². The molecule has 0 spiro atoms. The number of benzene rings is 1. The van der Waals surface area contributed by atoms with Gasteiger partial charge in [0, 0.05) is 12.3 Å². The van der Waals surface area contributed by atoms with Crippen LogP contribution >= 0.6 is 11.8 Å². The van der Waals surface area contributed by atoms with Gasteiger partial charge in [-0.25, -0.2) is 4.79 Å². The molecule has 132 valence electrons. The monoisotopic (exact) mass is 361 g/mol. The van der Waals surface area contributed by atoms with Crippen LogP contribution in [0.2, 0.25) is 0 Å². The second-order valence-electron chi connectivity index (χ2n) is 5.66. The molecule has 3 rings (SSSR count). The van der Waals surface area contributed by atoms with Gasteiger partial charge >= 0.3 is 5.97 Å². The van der Waals surface area contributed by atoms with Crippen molar-refractivity contribution in [2.24, 2.45) is 5.73 Å². The Balaban J connectivity index is 2.22. The molecule has 2 aliphatic heterocycles. The number of rotatable bonds is 4. The Hall–Kier alpha value is -2.48. The van der Waals surface area contributed by atoms with Crippen molar-refractivity contribution in [1.29, 1.82) is 0 Å². The molecule has 2 aliphatic rings. The summed E-state index contributed by atoms with van der Waals surface area (Å²) >= 11 is 1.41. The van der Waals surface area contributed by atoms with E-state index in [1.54, 1.807) is 36.1 Å². The summed E-state index contributed by atoms with van der Waals surface area (Å²) in [6.07, 6.45) is 0.839. The van der Waals surface area contributed by atoms with Crippen molar-refractivity contribution in [3.63, 3.8) is 0 Å². The third kappa shape index (κ3) is 3.09. The molecular weight excluding hydrogens is 342 g/mol. The Morgan fingerprint density at radius 3 is 2.80 bits per heavy atom. The third-order valence-corrected chi connectivity index (χ3v) is 5.38. The summed E-state index contributed by atoms with van der Waals surface area (Å²) in [5.41, 5.74) is 7.08. The zero-order valence-corrected chi connectivity index (χ0v) is 14.6. The van der Waals surface area contributed by atoms with Crippen LogP contribution in [-0.2, 0) is 9.53 Å². The molecule has 2 heterocycles. The zero-order valence-electron chi connectivity index (χ0n) is 13.8. The van der Waals surface area contributed by atoms with Crippen molar-refractivity contribution in [2.75, 3.05) is 18.9 Å². The third-order valence-electron chi connectivity index (χ3n) is 4.18. The van der Waals surface area contributed by atoms with E-state index in [-0.39, 0.29) is 23.7 Å². The number of nitro groups is 1. The summed E-state index contributed by atoms with van der Waals surface area (Å²) in [6.45, 7) is 2.42. The summed E-state index contributed by atoms with van der Waals surface area (Å²) in [4.78, 5) is 25.8. The van der Waals surface area contributed by atoms with Crippen LogP contribution in [0.15, 0.2) is 52.5 Å². The average Bonchev–Trinajstić information content (AvgIpc) is 2.62. The molecule has 0 radical (unpaired) electrons. The highest BCUT2D eigenvalue weighted by molar-refractivity contribution is 8.03. The van der Waals surface area contributed by atoms with Crippen molar-refractivity contribution in [3.05, 3.63) is 68.1 Å². The number of carbonyl (C=O) groups is 1. The van der Waals surface area contributed by atoms with Crippen molar-refractivity contribution < 1.29 is 14.5 Å². The maximum absolute atomic E-state index is 12.6. The summed E-state index contributed by atoms with van der Waals surface area (Å²) in [7, 11) is 0. The molecule has 1 fully saturated rings. The highest BCUT2D eigenvalue weighted by atomic mass is 32.2. The zero-order chi connectivity index (χ0) is 18.0. The first-order valence-electron chi connectivity index (χ1n) is 8.06. The minimum Gasteiger partial charge on any atom is -0.463 e. The van der Waals surface area contributed by atoms with E-state index in [1.165, 1.54) is 11.8 Å². The van der Waals surface area contributed by atoms with E-state index in [1.807, 2.05) is 6.07 Å². The summed E-state index contributed by atoms with van der Waals surface area (Å²) in [5.74, 6) is -0.415. The van der Waals surface area contributed by atoms with Crippen LogP contribution in [0.4, 0.5) is 0 Å². The number of hydrogen-bond donors (Lipinski definition) is 1. The highest BCUT2D eigenvalue weighted by Crippen LogP contribution is 2.46. The topological polar surface area (TPSA) is 98.7 Å². The van der Waals surface area contributed by atoms with E-state index >= 15 is 0 Å². The molecule has 1 unspecified atom stereocenters. The second kappa shape index (κ2) is 7.18. The molecule has 7 nitrogen and oxygen atoms in total. The van der Waals surface area contributed by atoms with Crippen LogP contribution < -0.4 is 5.73 Å². The molecule has 0 bridgehead atoms. The number of carbonyl (C=O) groups excluding carboxylic acids is 1. The van der Waals surface area contributed by atoms with Gasteiger partial charge in [-0.05, 0) is 18.9 Å². The first-order chi connectivity index (χ1) is 12.1. The number of fused-ring (bicyclic) bond motifs is 1.